The summed E-state index contributed by atoms with van der Waals surface area (Å²) in [4.78, 5) is 30.5. The molecule has 0 radical (unpaired) electrons. The second-order valence-corrected chi connectivity index (χ2v) is 5.95. The highest BCUT2D eigenvalue weighted by atomic mass is 32.1. The molecule has 0 aliphatic carbocycles. The van der Waals surface area contributed by atoms with E-state index in [0.717, 1.165) is 10.6 Å². The normalized spacial score (nSPS) is 10.9. The zero-order chi connectivity index (χ0) is 15.0. The van der Waals surface area contributed by atoms with E-state index in [4.69, 9.17) is 5.73 Å². The summed E-state index contributed by atoms with van der Waals surface area (Å²) in [5.41, 5.74) is 6.69. The molecule has 3 aromatic rings. The average Bonchev–Trinajstić information content (AvgIpc) is 3.09. The van der Waals surface area contributed by atoms with Crippen molar-refractivity contribution < 1.29 is 0 Å². The summed E-state index contributed by atoms with van der Waals surface area (Å²) >= 11 is 3.02. The molecule has 0 saturated heterocycles. The number of anilines is 1. The summed E-state index contributed by atoms with van der Waals surface area (Å²) in [7, 11) is 0. The maximum atomic E-state index is 12.0. The first-order valence-corrected chi connectivity index (χ1v) is 8.05. The average molecular weight is 320 g/mol. The number of nitrogens with zero attached hydrogens (tertiary/aromatic N) is 2. The summed E-state index contributed by atoms with van der Waals surface area (Å²) < 4.78 is 1.32. The van der Waals surface area contributed by atoms with Crippen molar-refractivity contribution in [1.29, 1.82) is 0 Å². The standard InChI is InChI=1S/C13H12N4O2S2/c1-2-17-10(14)9(11(18)16-13(17)19)8-6-21-12(15-8)7-3-4-20-5-7/h3-6H,2,14H2,1H3,(H,16,18,19). The summed E-state index contributed by atoms with van der Waals surface area (Å²) in [5, 5.41) is 6.55. The molecule has 3 aromatic heterocycles. The lowest BCUT2D eigenvalue weighted by molar-refractivity contribution is 0.706. The largest absolute Gasteiger partial charge is 0.384 e. The van der Waals surface area contributed by atoms with E-state index in [2.05, 4.69) is 9.97 Å². The highest BCUT2D eigenvalue weighted by Crippen LogP contribution is 2.30. The molecule has 0 aliphatic heterocycles. The zero-order valence-corrected chi connectivity index (χ0v) is 12.8. The van der Waals surface area contributed by atoms with Gasteiger partial charge in [0.05, 0.1) is 5.69 Å². The SMILES string of the molecule is CCn1c(N)c(-c2csc(-c3ccsc3)n2)c(=O)[nH]c1=O. The van der Waals surface area contributed by atoms with Gasteiger partial charge in [-0.3, -0.25) is 14.3 Å². The predicted octanol–water partition coefficient (Wildman–Crippen LogP) is 1.99. The molecule has 0 unspecified atom stereocenters. The van der Waals surface area contributed by atoms with Crippen LogP contribution in [0.2, 0.25) is 0 Å². The third-order valence-electron chi connectivity index (χ3n) is 3.08. The van der Waals surface area contributed by atoms with Gasteiger partial charge in [0.1, 0.15) is 16.4 Å². The quantitative estimate of drug-likeness (QED) is 0.771. The molecule has 0 atom stereocenters. The van der Waals surface area contributed by atoms with Gasteiger partial charge in [-0.1, -0.05) is 0 Å². The number of H-pyrrole nitrogens is 1. The van der Waals surface area contributed by atoms with Crippen molar-refractivity contribution >= 4 is 28.5 Å². The van der Waals surface area contributed by atoms with Crippen LogP contribution in [-0.2, 0) is 6.54 Å². The van der Waals surface area contributed by atoms with Gasteiger partial charge in [0, 0.05) is 22.9 Å². The van der Waals surface area contributed by atoms with E-state index >= 15 is 0 Å². The molecule has 0 aliphatic rings. The predicted molar refractivity (Wildman–Crippen MR) is 85.8 cm³/mol. The van der Waals surface area contributed by atoms with Crippen molar-refractivity contribution in [2.75, 3.05) is 5.73 Å². The molecule has 3 N–H and O–H groups in total. The van der Waals surface area contributed by atoms with Crippen LogP contribution >= 0.6 is 22.7 Å². The Kier molecular flexibility index (Phi) is 3.48. The molecule has 21 heavy (non-hydrogen) atoms. The molecule has 0 spiro atoms. The number of aromatic amines is 1. The van der Waals surface area contributed by atoms with Crippen molar-refractivity contribution in [3.63, 3.8) is 0 Å². The summed E-state index contributed by atoms with van der Waals surface area (Å²) in [6.45, 7) is 2.17. The first kappa shape index (κ1) is 13.8. The summed E-state index contributed by atoms with van der Waals surface area (Å²) in [6, 6.07) is 1.97. The smallest absolute Gasteiger partial charge is 0.329 e. The fraction of sp³-hybridized carbons (Fsp3) is 0.154. The van der Waals surface area contributed by atoms with E-state index in [-0.39, 0.29) is 11.4 Å². The van der Waals surface area contributed by atoms with Crippen LogP contribution in [0.15, 0.2) is 31.8 Å². The molecule has 0 bridgehead atoms. The van der Waals surface area contributed by atoms with Crippen LogP contribution in [-0.4, -0.2) is 14.5 Å². The Hall–Kier alpha value is -2.19. The van der Waals surface area contributed by atoms with Crippen LogP contribution in [0.25, 0.3) is 21.8 Å². The van der Waals surface area contributed by atoms with Gasteiger partial charge in [-0.15, -0.1) is 11.3 Å². The zero-order valence-electron chi connectivity index (χ0n) is 11.1. The number of thiophene rings is 1. The lowest BCUT2D eigenvalue weighted by Crippen LogP contribution is -2.32. The number of aromatic nitrogens is 3. The molecule has 3 heterocycles. The Balaban J connectivity index is 2.18. The van der Waals surface area contributed by atoms with Crippen LogP contribution in [0.4, 0.5) is 5.82 Å². The number of nitrogens with one attached hydrogen (secondary N) is 1. The fourth-order valence-corrected chi connectivity index (χ4v) is 3.58. The number of nitrogens with two attached hydrogens (primary N) is 1. The van der Waals surface area contributed by atoms with Crippen molar-refractivity contribution in [2.45, 2.75) is 13.5 Å². The van der Waals surface area contributed by atoms with Crippen LogP contribution < -0.4 is 17.0 Å². The highest BCUT2D eigenvalue weighted by molar-refractivity contribution is 7.14. The monoisotopic (exact) mass is 320 g/mol. The number of hydrogen-bond acceptors (Lipinski definition) is 6. The van der Waals surface area contributed by atoms with Gasteiger partial charge in [0.2, 0.25) is 0 Å². The van der Waals surface area contributed by atoms with Crippen LogP contribution in [0.1, 0.15) is 6.92 Å². The Morgan fingerprint density at radius 3 is 2.86 bits per heavy atom. The van der Waals surface area contributed by atoms with Crippen molar-refractivity contribution in [3.05, 3.63) is 43.0 Å². The van der Waals surface area contributed by atoms with E-state index in [1.807, 2.05) is 16.8 Å². The second kappa shape index (κ2) is 5.30. The lowest BCUT2D eigenvalue weighted by atomic mass is 10.2. The minimum absolute atomic E-state index is 0.147. The molecule has 0 aromatic carbocycles. The maximum Gasteiger partial charge on any atom is 0.329 e. The molecular weight excluding hydrogens is 308 g/mol. The van der Waals surface area contributed by atoms with Gasteiger partial charge in [-0.05, 0) is 18.4 Å². The van der Waals surface area contributed by atoms with Crippen molar-refractivity contribution in [3.8, 4) is 21.8 Å². The molecule has 108 valence electrons. The molecule has 0 fully saturated rings. The van der Waals surface area contributed by atoms with Gasteiger partial charge in [0.25, 0.3) is 5.56 Å². The van der Waals surface area contributed by atoms with Gasteiger partial charge in [-0.2, -0.15) is 11.3 Å². The lowest BCUT2D eigenvalue weighted by Gasteiger charge is -2.08. The topological polar surface area (TPSA) is 93.8 Å². The summed E-state index contributed by atoms with van der Waals surface area (Å²) in [6.07, 6.45) is 0. The van der Waals surface area contributed by atoms with Gasteiger partial charge >= 0.3 is 5.69 Å². The number of thiazole rings is 1. The van der Waals surface area contributed by atoms with Gasteiger partial charge in [-0.25, -0.2) is 9.78 Å². The summed E-state index contributed by atoms with van der Waals surface area (Å²) in [5.74, 6) is 0.147. The number of rotatable bonds is 3. The van der Waals surface area contributed by atoms with E-state index in [1.165, 1.54) is 15.9 Å². The van der Waals surface area contributed by atoms with Gasteiger partial charge in [0.15, 0.2) is 0 Å². The molecule has 0 amide bonds. The van der Waals surface area contributed by atoms with Crippen molar-refractivity contribution in [1.82, 2.24) is 14.5 Å². The Morgan fingerprint density at radius 1 is 1.38 bits per heavy atom. The minimum Gasteiger partial charge on any atom is -0.384 e. The fourth-order valence-electron chi connectivity index (χ4n) is 2.06. The third kappa shape index (κ3) is 2.32. The van der Waals surface area contributed by atoms with Crippen molar-refractivity contribution in [2.24, 2.45) is 0 Å². The molecular formula is C13H12N4O2S2. The number of hydrogen-bond donors (Lipinski definition) is 2. The number of nitrogen functional groups attached to an aromatic ring is 1. The van der Waals surface area contributed by atoms with E-state index in [0.29, 0.717) is 12.2 Å². The Bertz CT molecular complexity index is 890. The second-order valence-electron chi connectivity index (χ2n) is 4.31. The molecule has 6 nitrogen and oxygen atoms in total. The van der Waals surface area contributed by atoms with E-state index in [9.17, 15) is 9.59 Å². The molecule has 8 heteroatoms. The van der Waals surface area contributed by atoms with E-state index in [1.54, 1.807) is 23.6 Å². The Morgan fingerprint density at radius 2 is 2.19 bits per heavy atom. The molecule has 3 rings (SSSR count). The first-order chi connectivity index (χ1) is 10.1. The maximum absolute atomic E-state index is 12.0. The van der Waals surface area contributed by atoms with Crippen LogP contribution in [0, 0.1) is 0 Å². The van der Waals surface area contributed by atoms with Crippen LogP contribution in [0.5, 0.6) is 0 Å². The van der Waals surface area contributed by atoms with Gasteiger partial charge < -0.3 is 5.73 Å². The first-order valence-electron chi connectivity index (χ1n) is 6.23. The third-order valence-corrected chi connectivity index (χ3v) is 4.66. The minimum atomic E-state index is -0.510. The van der Waals surface area contributed by atoms with E-state index < -0.39 is 11.2 Å². The molecule has 0 saturated carbocycles. The Labute approximate surface area is 127 Å². The van der Waals surface area contributed by atoms with Crippen LogP contribution in [0.3, 0.4) is 0 Å². The highest BCUT2D eigenvalue weighted by Gasteiger charge is 2.16.